The van der Waals surface area contributed by atoms with Crippen molar-refractivity contribution in [3.05, 3.63) is 59.4 Å². The molecule has 1 aliphatic rings. The van der Waals surface area contributed by atoms with Crippen molar-refractivity contribution in [3.63, 3.8) is 0 Å². The summed E-state index contributed by atoms with van der Waals surface area (Å²) in [7, 11) is 0. The van der Waals surface area contributed by atoms with Crippen LogP contribution < -0.4 is 14.2 Å². The number of esters is 1. The first-order valence-electron chi connectivity index (χ1n) is 8.51. The lowest BCUT2D eigenvalue weighted by molar-refractivity contribution is -0.128. The predicted molar refractivity (Wildman–Crippen MR) is 101 cm³/mol. The van der Waals surface area contributed by atoms with E-state index in [1.165, 1.54) is 17.1 Å². The molecule has 0 aliphatic carbocycles. The van der Waals surface area contributed by atoms with Crippen LogP contribution >= 0.6 is 11.6 Å². The van der Waals surface area contributed by atoms with Crippen LogP contribution in [0.1, 0.15) is 12.0 Å². The molecular weight excluding hydrogens is 384 g/mol. The minimum absolute atomic E-state index is 0.374. The molecule has 2 aromatic carbocycles. The van der Waals surface area contributed by atoms with Crippen molar-refractivity contribution in [1.29, 1.82) is 0 Å². The van der Waals surface area contributed by atoms with Crippen LogP contribution in [0.4, 0.5) is 0 Å². The molecule has 9 heteroatoms. The van der Waals surface area contributed by atoms with Crippen LogP contribution in [0.2, 0.25) is 5.02 Å². The Balaban J connectivity index is 1.47. The minimum atomic E-state index is -0.530. The third-order valence-electron chi connectivity index (χ3n) is 3.89. The van der Waals surface area contributed by atoms with Crippen molar-refractivity contribution in [2.24, 2.45) is 0 Å². The van der Waals surface area contributed by atoms with Crippen molar-refractivity contribution in [2.45, 2.75) is 6.42 Å². The first-order valence-corrected chi connectivity index (χ1v) is 8.89. The number of tetrazole rings is 1. The van der Waals surface area contributed by atoms with Gasteiger partial charge in [-0.05, 0) is 46.3 Å². The molecule has 8 nitrogen and oxygen atoms in total. The van der Waals surface area contributed by atoms with Crippen molar-refractivity contribution < 1.29 is 19.0 Å². The topological polar surface area (TPSA) is 88.4 Å². The van der Waals surface area contributed by atoms with Gasteiger partial charge >= 0.3 is 5.97 Å². The van der Waals surface area contributed by atoms with Gasteiger partial charge in [0.25, 0.3) is 0 Å². The number of halogens is 1. The lowest BCUT2D eigenvalue weighted by Crippen LogP contribution is -2.04. The highest BCUT2D eigenvalue weighted by Crippen LogP contribution is 2.38. The Bertz CT molecular complexity index is 1020. The van der Waals surface area contributed by atoms with Gasteiger partial charge in [0.05, 0.1) is 23.9 Å². The summed E-state index contributed by atoms with van der Waals surface area (Å²) >= 11 is 6.26. The molecule has 1 aliphatic heterocycles. The maximum absolute atomic E-state index is 12.2. The zero-order chi connectivity index (χ0) is 19.3. The van der Waals surface area contributed by atoms with Gasteiger partial charge in [0.2, 0.25) is 0 Å². The summed E-state index contributed by atoms with van der Waals surface area (Å²) in [5.41, 5.74) is 1.38. The molecule has 142 valence electrons. The lowest BCUT2D eigenvalue weighted by Gasteiger charge is -2.10. The van der Waals surface area contributed by atoms with Crippen molar-refractivity contribution in [3.8, 4) is 22.9 Å². The van der Waals surface area contributed by atoms with E-state index in [0.29, 0.717) is 46.7 Å². The van der Waals surface area contributed by atoms with E-state index in [0.717, 1.165) is 6.42 Å². The van der Waals surface area contributed by atoms with Crippen molar-refractivity contribution >= 4 is 23.6 Å². The van der Waals surface area contributed by atoms with E-state index in [1.807, 2.05) is 0 Å². The van der Waals surface area contributed by atoms with E-state index in [1.54, 1.807) is 42.5 Å². The molecule has 0 spiro atoms. The zero-order valence-corrected chi connectivity index (χ0v) is 15.4. The highest BCUT2D eigenvalue weighted by Gasteiger charge is 2.15. The smallest absolute Gasteiger partial charge is 0.336 e. The standard InChI is InChI=1S/C19H15ClN4O4/c20-16-9-13(10-17-19(16)27-8-2-7-26-17)5-6-18(25)28-15-4-1-3-14(11-15)24-12-21-22-23-24/h1,3-6,9-12H,2,7-8H2. The fraction of sp³-hybridized carbons (Fsp3) is 0.158. The second-order valence-corrected chi connectivity index (χ2v) is 6.29. The van der Waals surface area contributed by atoms with Gasteiger partial charge in [-0.25, -0.2) is 9.48 Å². The molecule has 4 rings (SSSR count). The molecule has 3 aromatic rings. The molecule has 0 unspecified atom stereocenters. The van der Waals surface area contributed by atoms with Gasteiger partial charge in [0, 0.05) is 18.6 Å². The van der Waals surface area contributed by atoms with E-state index in [2.05, 4.69) is 15.5 Å². The average molecular weight is 399 g/mol. The Labute approximate surface area is 165 Å². The number of rotatable bonds is 4. The molecule has 0 bridgehead atoms. The monoisotopic (exact) mass is 398 g/mol. The zero-order valence-electron chi connectivity index (χ0n) is 14.6. The lowest BCUT2D eigenvalue weighted by atomic mass is 10.2. The fourth-order valence-electron chi connectivity index (χ4n) is 2.63. The highest BCUT2D eigenvalue weighted by atomic mass is 35.5. The number of hydrogen-bond donors (Lipinski definition) is 0. The summed E-state index contributed by atoms with van der Waals surface area (Å²) in [6.07, 6.45) is 5.16. The molecule has 0 saturated carbocycles. The fourth-order valence-corrected chi connectivity index (χ4v) is 2.90. The number of carbonyl (C=O) groups is 1. The van der Waals surface area contributed by atoms with Crippen LogP contribution in [0.5, 0.6) is 17.2 Å². The Morgan fingerprint density at radius 1 is 1.21 bits per heavy atom. The van der Waals surface area contributed by atoms with Crippen LogP contribution in [-0.2, 0) is 4.79 Å². The minimum Gasteiger partial charge on any atom is -0.489 e. The molecule has 0 amide bonds. The van der Waals surface area contributed by atoms with E-state index in [9.17, 15) is 4.79 Å². The quantitative estimate of drug-likeness (QED) is 0.379. The first kappa shape index (κ1) is 18.0. The molecule has 0 radical (unpaired) electrons. The predicted octanol–water partition coefficient (Wildman–Crippen LogP) is 3.10. The van der Waals surface area contributed by atoms with Crippen LogP contribution in [-0.4, -0.2) is 39.4 Å². The first-order chi connectivity index (χ1) is 13.7. The Morgan fingerprint density at radius 2 is 2.11 bits per heavy atom. The van der Waals surface area contributed by atoms with E-state index in [4.69, 9.17) is 25.8 Å². The van der Waals surface area contributed by atoms with Gasteiger partial charge in [-0.3, -0.25) is 0 Å². The maximum Gasteiger partial charge on any atom is 0.336 e. The molecule has 2 heterocycles. The number of carbonyl (C=O) groups excluding carboxylic acids is 1. The van der Waals surface area contributed by atoms with E-state index < -0.39 is 5.97 Å². The van der Waals surface area contributed by atoms with Gasteiger partial charge in [-0.15, -0.1) is 5.10 Å². The molecule has 0 fully saturated rings. The summed E-state index contributed by atoms with van der Waals surface area (Å²) < 4.78 is 18.0. The summed E-state index contributed by atoms with van der Waals surface area (Å²) in [6, 6.07) is 10.3. The number of hydrogen-bond acceptors (Lipinski definition) is 7. The van der Waals surface area contributed by atoms with Crippen LogP contribution in [0.25, 0.3) is 11.8 Å². The molecule has 0 atom stereocenters. The van der Waals surface area contributed by atoms with Gasteiger partial charge < -0.3 is 14.2 Å². The van der Waals surface area contributed by atoms with Crippen LogP contribution in [0, 0.1) is 0 Å². The summed E-state index contributed by atoms with van der Waals surface area (Å²) in [5, 5.41) is 11.4. The molecular formula is C19H15ClN4O4. The van der Waals surface area contributed by atoms with Crippen LogP contribution in [0.15, 0.2) is 48.8 Å². The number of benzene rings is 2. The largest absolute Gasteiger partial charge is 0.489 e. The second-order valence-electron chi connectivity index (χ2n) is 5.89. The summed E-state index contributed by atoms with van der Waals surface area (Å²) in [4.78, 5) is 12.2. The number of ether oxygens (including phenoxy) is 3. The van der Waals surface area contributed by atoms with Crippen molar-refractivity contribution in [1.82, 2.24) is 20.2 Å². The number of aromatic nitrogens is 4. The average Bonchev–Trinajstić information content (AvgIpc) is 3.12. The maximum atomic E-state index is 12.2. The van der Waals surface area contributed by atoms with Gasteiger partial charge in [0.1, 0.15) is 12.1 Å². The SMILES string of the molecule is O=C(C=Cc1cc(Cl)c2c(c1)OCCCO2)Oc1cccc(-n2cnnn2)c1. The molecule has 0 saturated heterocycles. The second kappa shape index (κ2) is 8.10. The number of fused-ring (bicyclic) bond motifs is 1. The molecule has 0 N–H and O–H groups in total. The van der Waals surface area contributed by atoms with Crippen molar-refractivity contribution in [2.75, 3.05) is 13.2 Å². The Hall–Kier alpha value is -3.39. The third-order valence-corrected chi connectivity index (χ3v) is 4.17. The van der Waals surface area contributed by atoms with Gasteiger partial charge in [0.15, 0.2) is 11.5 Å². The van der Waals surface area contributed by atoms with Gasteiger partial charge in [-0.1, -0.05) is 17.7 Å². The van der Waals surface area contributed by atoms with E-state index in [-0.39, 0.29) is 0 Å². The van der Waals surface area contributed by atoms with E-state index >= 15 is 0 Å². The number of nitrogens with zero attached hydrogens (tertiary/aromatic N) is 4. The normalized spacial score (nSPS) is 13.3. The Kier molecular flexibility index (Phi) is 5.20. The Morgan fingerprint density at radius 3 is 2.96 bits per heavy atom. The van der Waals surface area contributed by atoms with Gasteiger partial charge in [-0.2, -0.15) is 0 Å². The summed E-state index contributed by atoms with van der Waals surface area (Å²) in [5.74, 6) is 0.932. The highest BCUT2D eigenvalue weighted by molar-refractivity contribution is 6.32. The molecule has 1 aromatic heterocycles. The third kappa shape index (κ3) is 4.12. The molecule has 28 heavy (non-hydrogen) atoms. The van der Waals surface area contributed by atoms with Crippen LogP contribution in [0.3, 0.4) is 0 Å². The summed E-state index contributed by atoms with van der Waals surface area (Å²) in [6.45, 7) is 1.11.